The van der Waals surface area contributed by atoms with E-state index in [0.29, 0.717) is 31.7 Å². The number of β-amino-alcohol motifs (C(OH)–C–C–N with tert-alkyl or cyclic N) is 1. The quantitative estimate of drug-likeness (QED) is 0.898. The number of carbonyl (C=O) groups excluding carboxylic acids is 1. The Morgan fingerprint density at radius 2 is 2.40 bits per heavy atom. The molecule has 108 valence electrons. The van der Waals surface area contributed by atoms with Crippen molar-refractivity contribution in [2.75, 3.05) is 33.7 Å². The number of thiophene rings is 1. The Labute approximate surface area is 121 Å². The molecule has 0 aliphatic carbocycles. The minimum atomic E-state index is -0.789. The van der Waals surface area contributed by atoms with Gasteiger partial charge in [0.05, 0.1) is 22.4 Å². The maximum atomic E-state index is 12.5. The van der Waals surface area contributed by atoms with Crippen molar-refractivity contribution in [3.8, 4) is 0 Å². The molecule has 1 atom stereocenters. The Hall–Kier alpha value is -1.37. The molecule has 1 fully saturated rings. The molecule has 2 aromatic heterocycles. The molecule has 0 bridgehead atoms. The number of aliphatic hydroxyl groups is 1. The molecule has 0 aromatic carbocycles. The number of amides is 1. The van der Waals surface area contributed by atoms with Gasteiger partial charge in [-0.15, -0.1) is 11.3 Å². The van der Waals surface area contributed by atoms with E-state index in [1.807, 2.05) is 36.5 Å². The molecule has 3 heterocycles. The highest BCUT2D eigenvalue weighted by atomic mass is 32.1. The van der Waals surface area contributed by atoms with Crippen molar-refractivity contribution in [1.29, 1.82) is 0 Å². The monoisotopic (exact) mass is 293 g/mol. The molecule has 1 amide bonds. The molecule has 0 saturated carbocycles. The summed E-state index contributed by atoms with van der Waals surface area (Å²) in [4.78, 5) is 19.3. The lowest BCUT2D eigenvalue weighted by Crippen LogP contribution is -2.43. The third-order valence-electron chi connectivity index (χ3n) is 3.70. The third kappa shape index (κ3) is 2.46. The predicted octanol–water partition coefficient (Wildman–Crippen LogP) is 1.37. The summed E-state index contributed by atoms with van der Waals surface area (Å²) >= 11 is 1.62. The van der Waals surface area contributed by atoms with Gasteiger partial charge in [-0.1, -0.05) is 0 Å². The Bertz CT molecular complexity index is 605. The molecule has 3 rings (SSSR count). The maximum absolute atomic E-state index is 12.5. The molecule has 1 saturated heterocycles. The summed E-state index contributed by atoms with van der Waals surface area (Å²) in [5.41, 5.74) is 0.824. The van der Waals surface area contributed by atoms with Crippen LogP contribution in [0.25, 0.3) is 10.2 Å². The highest BCUT2D eigenvalue weighted by Gasteiger charge is 2.39. The first-order valence-electron chi connectivity index (χ1n) is 6.69. The number of aromatic amines is 1. The van der Waals surface area contributed by atoms with Gasteiger partial charge >= 0.3 is 0 Å². The number of hydrogen-bond acceptors (Lipinski definition) is 4. The van der Waals surface area contributed by atoms with Crippen LogP contribution in [0.4, 0.5) is 0 Å². The average Bonchev–Trinajstić information content (AvgIpc) is 3.00. The van der Waals surface area contributed by atoms with Gasteiger partial charge in [-0.05, 0) is 38.0 Å². The van der Waals surface area contributed by atoms with Crippen molar-refractivity contribution < 1.29 is 9.90 Å². The van der Waals surface area contributed by atoms with Gasteiger partial charge in [0, 0.05) is 13.1 Å². The fourth-order valence-corrected chi connectivity index (χ4v) is 3.66. The molecule has 2 N–H and O–H groups in total. The Balaban J connectivity index is 1.74. The second-order valence-electron chi connectivity index (χ2n) is 5.82. The minimum Gasteiger partial charge on any atom is -0.387 e. The number of nitrogens with zero attached hydrogens (tertiary/aromatic N) is 2. The molecule has 5 nitrogen and oxygen atoms in total. The predicted molar refractivity (Wildman–Crippen MR) is 80.2 cm³/mol. The summed E-state index contributed by atoms with van der Waals surface area (Å²) in [5.74, 6) is -0.0249. The van der Waals surface area contributed by atoms with Crippen LogP contribution < -0.4 is 0 Å². The standard InChI is InChI=1S/C14H19N3O2S/c1-16(2)8-14(19)4-5-17(9-14)13(18)11-7-12-10(15-11)3-6-20-12/h3,6-7,15,19H,4-5,8-9H2,1-2H3/t14-/m0/s1. The largest absolute Gasteiger partial charge is 0.387 e. The topological polar surface area (TPSA) is 59.6 Å². The van der Waals surface area contributed by atoms with Crippen LogP contribution in [-0.4, -0.2) is 65.1 Å². The van der Waals surface area contributed by atoms with Crippen LogP contribution in [-0.2, 0) is 0 Å². The van der Waals surface area contributed by atoms with Crippen LogP contribution in [0, 0.1) is 0 Å². The van der Waals surface area contributed by atoms with Gasteiger partial charge in [0.2, 0.25) is 0 Å². The van der Waals surface area contributed by atoms with Crippen molar-refractivity contribution in [1.82, 2.24) is 14.8 Å². The van der Waals surface area contributed by atoms with Crippen LogP contribution in [0.3, 0.4) is 0 Å². The fraction of sp³-hybridized carbons (Fsp3) is 0.500. The number of aromatic nitrogens is 1. The number of likely N-dealkylation sites (tertiary alicyclic amines) is 1. The van der Waals surface area contributed by atoms with E-state index in [9.17, 15) is 9.90 Å². The van der Waals surface area contributed by atoms with Gasteiger partial charge in [-0.2, -0.15) is 0 Å². The van der Waals surface area contributed by atoms with E-state index < -0.39 is 5.60 Å². The second-order valence-corrected chi connectivity index (χ2v) is 6.77. The van der Waals surface area contributed by atoms with Gasteiger partial charge < -0.3 is 19.9 Å². The lowest BCUT2D eigenvalue weighted by atomic mass is 10.0. The third-order valence-corrected chi connectivity index (χ3v) is 4.56. The highest BCUT2D eigenvalue weighted by molar-refractivity contribution is 7.17. The maximum Gasteiger partial charge on any atom is 0.270 e. The van der Waals surface area contributed by atoms with Gasteiger partial charge in [-0.25, -0.2) is 0 Å². The van der Waals surface area contributed by atoms with Crippen molar-refractivity contribution in [3.05, 3.63) is 23.2 Å². The normalized spacial score (nSPS) is 23.1. The first-order valence-corrected chi connectivity index (χ1v) is 7.57. The molecule has 0 radical (unpaired) electrons. The van der Waals surface area contributed by atoms with Gasteiger partial charge in [0.1, 0.15) is 5.69 Å². The SMILES string of the molecule is CN(C)C[C@@]1(O)CCN(C(=O)c2cc3sccc3[nH]2)C1. The van der Waals surface area contributed by atoms with Crippen LogP contribution in [0.1, 0.15) is 16.9 Å². The summed E-state index contributed by atoms with van der Waals surface area (Å²) in [5, 5.41) is 12.5. The number of rotatable bonds is 3. The van der Waals surface area contributed by atoms with E-state index in [-0.39, 0.29) is 5.91 Å². The molecular weight excluding hydrogens is 274 g/mol. The van der Waals surface area contributed by atoms with E-state index in [1.54, 1.807) is 16.2 Å². The molecular formula is C14H19N3O2S. The average molecular weight is 293 g/mol. The molecule has 6 heteroatoms. The number of fused-ring (bicyclic) bond motifs is 1. The molecule has 1 aliphatic heterocycles. The van der Waals surface area contributed by atoms with Crippen molar-refractivity contribution in [3.63, 3.8) is 0 Å². The highest BCUT2D eigenvalue weighted by Crippen LogP contribution is 2.26. The Kier molecular flexibility index (Phi) is 3.32. The lowest BCUT2D eigenvalue weighted by Gasteiger charge is -2.26. The Morgan fingerprint density at radius 3 is 3.10 bits per heavy atom. The molecule has 0 unspecified atom stereocenters. The van der Waals surface area contributed by atoms with Crippen LogP contribution in [0.15, 0.2) is 17.5 Å². The van der Waals surface area contributed by atoms with Crippen molar-refractivity contribution in [2.24, 2.45) is 0 Å². The summed E-state index contributed by atoms with van der Waals surface area (Å²) in [7, 11) is 3.86. The zero-order valence-electron chi connectivity index (χ0n) is 11.7. The van der Waals surface area contributed by atoms with E-state index in [2.05, 4.69) is 4.98 Å². The van der Waals surface area contributed by atoms with Crippen LogP contribution >= 0.6 is 11.3 Å². The van der Waals surface area contributed by atoms with Crippen LogP contribution in [0.5, 0.6) is 0 Å². The summed E-state index contributed by atoms with van der Waals surface area (Å²) in [6.45, 7) is 1.59. The smallest absolute Gasteiger partial charge is 0.270 e. The van der Waals surface area contributed by atoms with Gasteiger partial charge in [0.25, 0.3) is 5.91 Å². The first-order chi connectivity index (χ1) is 9.47. The zero-order valence-corrected chi connectivity index (χ0v) is 12.5. The molecule has 2 aromatic rings. The van der Waals surface area contributed by atoms with E-state index in [0.717, 1.165) is 10.2 Å². The number of nitrogens with one attached hydrogen (secondary N) is 1. The Morgan fingerprint density at radius 1 is 1.60 bits per heavy atom. The summed E-state index contributed by atoms with van der Waals surface area (Å²) in [6.07, 6.45) is 0.631. The number of carbonyl (C=O) groups is 1. The summed E-state index contributed by atoms with van der Waals surface area (Å²) < 4.78 is 1.09. The van der Waals surface area contributed by atoms with E-state index in [1.165, 1.54) is 0 Å². The number of hydrogen-bond donors (Lipinski definition) is 2. The first kappa shape index (κ1) is 13.6. The van der Waals surface area contributed by atoms with E-state index >= 15 is 0 Å². The summed E-state index contributed by atoms with van der Waals surface area (Å²) in [6, 6.07) is 3.87. The van der Waals surface area contributed by atoms with Gasteiger partial charge in [0.15, 0.2) is 0 Å². The molecule has 20 heavy (non-hydrogen) atoms. The van der Waals surface area contributed by atoms with E-state index in [4.69, 9.17) is 0 Å². The number of likely N-dealkylation sites (N-methyl/N-ethyl adjacent to an activating group) is 1. The second kappa shape index (κ2) is 4.87. The lowest BCUT2D eigenvalue weighted by molar-refractivity contribution is 0.0235. The molecule has 0 spiro atoms. The van der Waals surface area contributed by atoms with Crippen molar-refractivity contribution in [2.45, 2.75) is 12.0 Å². The van der Waals surface area contributed by atoms with Crippen molar-refractivity contribution >= 4 is 27.5 Å². The number of H-pyrrole nitrogens is 1. The molecule has 1 aliphatic rings. The zero-order chi connectivity index (χ0) is 14.3. The van der Waals surface area contributed by atoms with Crippen LogP contribution in [0.2, 0.25) is 0 Å². The van der Waals surface area contributed by atoms with Gasteiger partial charge in [-0.3, -0.25) is 4.79 Å². The minimum absolute atomic E-state index is 0.0249. The fourth-order valence-electron chi connectivity index (χ4n) is 2.88.